The van der Waals surface area contributed by atoms with Gasteiger partial charge in [0.15, 0.2) is 28.0 Å². The number of hydrogen-bond donors (Lipinski definition) is 1. The third kappa shape index (κ3) is 25.4. The SMILES string of the molecule is C.C.CC(=O)c1ccc(N(c2ccccc2)c2ccccc2)cc1.CC(=O)c1ccc(N)cc1.CCOC(=O)C(Br)C(=O)c1ccc(N(c2ccccc2)c2ccccc2)cc1.CCOC(=O)CC(=O)c1ccc(N(c2ccccc2)c2ccccc2)cc1.CCOC(C)=O.[H-].[Na+]. The van der Waals surface area contributed by atoms with Crippen LogP contribution in [0.2, 0.25) is 0 Å². The summed E-state index contributed by atoms with van der Waals surface area (Å²) in [7, 11) is 0. The number of halogens is 1. The molecule has 0 heterocycles. The van der Waals surface area contributed by atoms with Crippen LogP contribution in [0.5, 0.6) is 0 Å². The molecule has 0 aromatic heterocycles. The van der Waals surface area contributed by atoms with Gasteiger partial charge in [-0.25, -0.2) is 0 Å². The van der Waals surface area contributed by atoms with E-state index in [1.807, 2.05) is 206 Å². The van der Waals surface area contributed by atoms with Gasteiger partial charge in [-0.05, 0) is 204 Å². The number of Topliss-reactive ketones (excluding diaryl/α,β-unsaturated/α-hetero) is 4. The Bertz CT molecular complexity index is 3820. The fourth-order valence-corrected chi connectivity index (χ4v) is 9.45. The van der Waals surface area contributed by atoms with E-state index in [1.165, 1.54) is 13.8 Å². The largest absolute Gasteiger partial charge is 1.00 e. The van der Waals surface area contributed by atoms with Gasteiger partial charge in [0.1, 0.15) is 6.42 Å². The maximum atomic E-state index is 12.5. The number of hydrogen-bond acceptors (Lipinski definition) is 14. The van der Waals surface area contributed by atoms with Crippen LogP contribution in [0.3, 0.4) is 0 Å². The molecule has 0 aliphatic rings. The molecule has 10 aromatic carbocycles. The van der Waals surface area contributed by atoms with Gasteiger partial charge in [0.2, 0.25) is 0 Å². The van der Waals surface area contributed by atoms with Gasteiger partial charge in [0, 0.05) is 86.1 Å². The molecule has 16 heteroatoms. The fourth-order valence-electron chi connectivity index (χ4n) is 9.06. The predicted molar refractivity (Wildman–Crippen MR) is 390 cm³/mol. The second-order valence-corrected chi connectivity index (χ2v) is 21.1. The van der Waals surface area contributed by atoms with Crippen molar-refractivity contribution in [3.8, 4) is 0 Å². The molecule has 0 spiro atoms. The van der Waals surface area contributed by atoms with E-state index in [1.54, 1.807) is 76.2 Å². The fraction of sp³-hybridized carbons (Fsp3) is 0.163. The van der Waals surface area contributed by atoms with E-state index in [-0.39, 0.29) is 94.6 Å². The van der Waals surface area contributed by atoms with Crippen molar-refractivity contribution in [1.82, 2.24) is 0 Å². The van der Waals surface area contributed by atoms with Crippen LogP contribution in [0.25, 0.3) is 0 Å². The Kier molecular flexibility index (Phi) is 36.0. The summed E-state index contributed by atoms with van der Waals surface area (Å²) in [5, 5.41) is 0. The number of rotatable bonds is 20. The first-order valence-electron chi connectivity index (χ1n) is 30.1. The molecular formula is C80H84BrN4NaO10. The second kappa shape index (κ2) is 43.0. The molecule has 492 valence electrons. The van der Waals surface area contributed by atoms with Crippen molar-refractivity contribution < 1.29 is 78.8 Å². The summed E-state index contributed by atoms with van der Waals surface area (Å²) in [4.78, 5) is 85.5. The molecule has 10 aromatic rings. The third-order valence-electron chi connectivity index (χ3n) is 13.5. The molecule has 0 aliphatic heterocycles. The van der Waals surface area contributed by atoms with Crippen LogP contribution in [0, 0.1) is 0 Å². The van der Waals surface area contributed by atoms with E-state index < -0.39 is 16.8 Å². The first kappa shape index (κ1) is 80.2. The third-order valence-corrected chi connectivity index (χ3v) is 14.3. The number of carbonyl (C=O) groups is 7. The first-order valence-corrected chi connectivity index (χ1v) is 31.0. The molecule has 0 saturated carbocycles. The molecule has 1 atom stereocenters. The summed E-state index contributed by atoms with van der Waals surface area (Å²) in [5.74, 6) is -1.70. The van der Waals surface area contributed by atoms with E-state index >= 15 is 0 Å². The van der Waals surface area contributed by atoms with Gasteiger partial charge in [0.25, 0.3) is 0 Å². The standard InChI is InChI=1S/C23H20BrNO3.C23H21NO3.C20H17NO.C8H9NO.C4H8O2.2CH4.Na.H/c1-2-28-23(27)21(24)22(26)17-13-15-20(16-14-17)25(18-9-5-3-6-10-18)19-11-7-4-8-12-19;1-2-27-23(26)17-22(25)18-13-15-21(16-14-18)24(19-9-5-3-6-10-19)20-11-7-4-8-12-20;1-16(22)17-12-14-20(15-13-17)21(18-8-4-2-5-9-18)19-10-6-3-7-11-19;1-6(10)7-2-4-8(9)5-3-7;1-3-6-4(2)5;;;;/h3-16,21H,2H2,1H3;3-16H,2,17H2,1H3;2-15H,1H3;2-5H,9H2,1H3;3H2,1-2H3;2*1H4;;/q;;;;;;;+1;-1. The van der Waals surface area contributed by atoms with Crippen molar-refractivity contribution in [2.75, 3.05) is 40.3 Å². The number of para-hydroxylation sites is 6. The van der Waals surface area contributed by atoms with Crippen LogP contribution in [0.1, 0.15) is 106 Å². The Morgan fingerprint density at radius 1 is 0.365 bits per heavy atom. The van der Waals surface area contributed by atoms with Crippen molar-refractivity contribution in [2.24, 2.45) is 0 Å². The van der Waals surface area contributed by atoms with Gasteiger partial charge in [-0.2, -0.15) is 0 Å². The number of carbonyl (C=O) groups excluding carboxylic acids is 7. The summed E-state index contributed by atoms with van der Waals surface area (Å²) >= 11 is 3.13. The minimum absolute atomic E-state index is 0. The van der Waals surface area contributed by atoms with Crippen molar-refractivity contribution in [1.29, 1.82) is 0 Å². The molecule has 10 rings (SSSR count). The summed E-state index contributed by atoms with van der Waals surface area (Å²) < 4.78 is 14.2. The van der Waals surface area contributed by atoms with Crippen LogP contribution < -0.4 is 50.0 Å². The molecule has 0 fully saturated rings. The Balaban J connectivity index is 0.000000437. The number of ether oxygens (including phenoxy) is 3. The minimum atomic E-state index is -1.00. The molecule has 0 radical (unpaired) electrons. The zero-order valence-electron chi connectivity index (χ0n) is 54.8. The van der Waals surface area contributed by atoms with Gasteiger partial charge >= 0.3 is 47.5 Å². The minimum Gasteiger partial charge on any atom is -1.00 e. The van der Waals surface area contributed by atoms with Crippen molar-refractivity contribution in [3.05, 3.63) is 301 Å². The van der Waals surface area contributed by atoms with E-state index in [9.17, 15) is 33.6 Å². The average molecular weight is 1360 g/mol. The number of esters is 3. The molecule has 1 unspecified atom stereocenters. The maximum absolute atomic E-state index is 12.5. The van der Waals surface area contributed by atoms with Crippen LogP contribution in [0.4, 0.5) is 56.9 Å². The first-order chi connectivity index (χ1) is 45.0. The number of benzene rings is 10. The smallest absolute Gasteiger partial charge is 1.00 e. The van der Waals surface area contributed by atoms with Gasteiger partial charge < -0.3 is 36.1 Å². The Morgan fingerprint density at radius 3 is 0.865 bits per heavy atom. The summed E-state index contributed by atoms with van der Waals surface area (Å²) in [6.45, 7) is 10.7. The molecule has 96 heavy (non-hydrogen) atoms. The number of anilines is 10. The zero-order chi connectivity index (χ0) is 66.9. The molecule has 0 saturated heterocycles. The number of nitrogens with zero attached hydrogens (tertiary/aromatic N) is 3. The van der Waals surface area contributed by atoms with Crippen molar-refractivity contribution in [2.45, 2.75) is 67.6 Å². The van der Waals surface area contributed by atoms with Crippen molar-refractivity contribution >= 4 is 114 Å². The molecule has 0 aliphatic carbocycles. The number of alkyl halides is 1. The normalized spacial score (nSPS) is 10.0. The summed E-state index contributed by atoms with van der Waals surface area (Å²) in [6.07, 6.45) is -0.242. The molecule has 14 nitrogen and oxygen atoms in total. The average Bonchev–Trinajstić information content (AvgIpc) is 0.838. The number of ketones is 4. The predicted octanol–water partition coefficient (Wildman–Crippen LogP) is 16.7. The maximum Gasteiger partial charge on any atom is 1.00 e. The second-order valence-electron chi connectivity index (χ2n) is 20.2. The molecular weight excluding hydrogens is 1280 g/mol. The van der Waals surface area contributed by atoms with Gasteiger partial charge in [-0.15, -0.1) is 0 Å². The Hall–Kier alpha value is -10.0. The molecule has 0 bridgehead atoms. The Labute approximate surface area is 597 Å². The van der Waals surface area contributed by atoms with Crippen LogP contribution >= 0.6 is 15.9 Å². The number of nitrogen functional groups attached to an aromatic ring is 1. The van der Waals surface area contributed by atoms with E-state index in [2.05, 4.69) is 59.6 Å². The van der Waals surface area contributed by atoms with E-state index in [0.29, 0.717) is 29.0 Å². The van der Waals surface area contributed by atoms with Crippen LogP contribution in [0.15, 0.2) is 279 Å². The quantitative estimate of drug-likeness (QED) is 0.0145. The Morgan fingerprint density at radius 2 is 0.615 bits per heavy atom. The molecule has 0 amide bonds. The topological polar surface area (TPSA) is 183 Å². The van der Waals surface area contributed by atoms with Crippen LogP contribution in [-0.4, -0.2) is 65.7 Å². The van der Waals surface area contributed by atoms with E-state index in [0.717, 1.165) is 56.7 Å². The summed E-state index contributed by atoms with van der Waals surface area (Å²) in [6, 6.07) is 89.5. The summed E-state index contributed by atoms with van der Waals surface area (Å²) in [5.41, 5.74) is 17.6. The van der Waals surface area contributed by atoms with Gasteiger partial charge in [0.05, 0.1) is 19.8 Å². The zero-order valence-corrected chi connectivity index (χ0v) is 57.4. The monoisotopic (exact) mass is 1360 g/mol. The van der Waals surface area contributed by atoms with Crippen LogP contribution in [-0.2, 0) is 28.6 Å². The van der Waals surface area contributed by atoms with Gasteiger partial charge in [-0.3, -0.25) is 33.6 Å². The van der Waals surface area contributed by atoms with E-state index in [4.69, 9.17) is 15.2 Å². The van der Waals surface area contributed by atoms with Crippen molar-refractivity contribution in [3.63, 3.8) is 0 Å². The molecule has 2 N–H and O–H groups in total. The van der Waals surface area contributed by atoms with Gasteiger partial charge in [-0.1, -0.05) is 140 Å². The number of nitrogens with two attached hydrogens (primary N) is 1.